The Morgan fingerprint density at radius 3 is 0.875 bits per heavy atom. The molecule has 0 aliphatic carbocycles. The average molecular weight is 202 g/mol. The summed E-state index contributed by atoms with van der Waals surface area (Å²) in [7, 11) is 0. The molecule has 0 atom stereocenters. The number of hydrogen-bond acceptors (Lipinski definition) is 0. The van der Waals surface area contributed by atoms with Gasteiger partial charge in [0, 0.05) is 22.3 Å². The molecule has 0 heteroatoms. The van der Waals surface area contributed by atoms with Crippen LogP contribution in [0, 0.1) is 63.2 Å². The first-order valence-corrected chi connectivity index (χ1v) is 4.65. The van der Waals surface area contributed by atoms with Crippen LogP contribution < -0.4 is 0 Å². The lowest BCUT2D eigenvalue weighted by molar-refractivity contribution is 1.30. The summed E-state index contributed by atoms with van der Waals surface area (Å²) in [5, 5.41) is 0. The molecule has 0 saturated carbocycles. The quantitative estimate of drug-likeness (QED) is 0.566. The number of hydrogen-bond donors (Lipinski definition) is 0. The number of benzene rings is 1. The second-order valence-electron chi connectivity index (χ2n) is 3.33. The molecule has 0 saturated heterocycles. The van der Waals surface area contributed by atoms with Gasteiger partial charge in [-0.1, -0.05) is 23.7 Å². The van der Waals surface area contributed by atoms with E-state index >= 15 is 0 Å². The predicted molar refractivity (Wildman–Crippen MR) is 67.7 cm³/mol. The zero-order valence-electron chi connectivity index (χ0n) is 9.31. The fourth-order valence-corrected chi connectivity index (χ4v) is 1.72. The number of terminal acetylenes is 4. The van der Waals surface area contributed by atoms with Crippen molar-refractivity contribution in [1.82, 2.24) is 0 Å². The Morgan fingerprint density at radius 2 is 0.750 bits per heavy atom. The molecule has 0 aliphatic rings. The molecule has 0 N–H and O–H groups in total. The van der Waals surface area contributed by atoms with Crippen molar-refractivity contribution >= 4 is 0 Å². The fraction of sp³-hybridized carbons (Fsp3) is 0.125. The van der Waals surface area contributed by atoms with Crippen LogP contribution in [0.15, 0.2) is 0 Å². The van der Waals surface area contributed by atoms with E-state index < -0.39 is 0 Å². The molecule has 0 heterocycles. The Balaban J connectivity index is 3.98. The Kier molecular flexibility index (Phi) is 3.12. The highest BCUT2D eigenvalue weighted by Gasteiger charge is 2.14. The van der Waals surface area contributed by atoms with Crippen LogP contribution in [-0.4, -0.2) is 0 Å². The normalized spacial score (nSPS) is 8.38. The van der Waals surface area contributed by atoms with Gasteiger partial charge in [0.1, 0.15) is 0 Å². The van der Waals surface area contributed by atoms with E-state index in [1.165, 1.54) is 0 Å². The summed E-state index contributed by atoms with van der Waals surface area (Å²) < 4.78 is 0. The third-order valence-corrected chi connectivity index (χ3v) is 2.58. The van der Waals surface area contributed by atoms with Gasteiger partial charge < -0.3 is 0 Å². The van der Waals surface area contributed by atoms with Crippen LogP contribution in [0.3, 0.4) is 0 Å². The van der Waals surface area contributed by atoms with Gasteiger partial charge in [-0.15, -0.1) is 25.7 Å². The summed E-state index contributed by atoms with van der Waals surface area (Å²) in [4.78, 5) is 0. The maximum atomic E-state index is 5.45. The van der Waals surface area contributed by atoms with Gasteiger partial charge in [-0.2, -0.15) is 0 Å². The highest BCUT2D eigenvalue weighted by Crippen LogP contribution is 2.25. The zero-order valence-corrected chi connectivity index (χ0v) is 9.31. The largest absolute Gasteiger partial charge is 0.115 e. The first-order valence-electron chi connectivity index (χ1n) is 4.65. The standard InChI is InChI=1S/C16H10/c1-7-13-11(5)15(9-3)16(10-4)12(6)14(13)8-2/h1-4H,5-6H3. The Hall–Kier alpha value is -2.54. The summed E-state index contributed by atoms with van der Waals surface area (Å²) in [5.74, 6) is 10.3. The molecule has 1 rings (SSSR count). The van der Waals surface area contributed by atoms with Crippen molar-refractivity contribution in [2.45, 2.75) is 13.8 Å². The maximum Gasteiger partial charge on any atom is 0.0444 e. The molecule has 0 amide bonds. The summed E-state index contributed by atoms with van der Waals surface area (Å²) in [6, 6.07) is 0. The topological polar surface area (TPSA) is 0 Å². The van der Waals surface area contributed by atoms with Crippen molar-refractivity contribution in [2.24, 2.45) is 0 Å². The minimum absolute atomic E-state index is 0.659. The van der Waals surface area contributed by atoms with Gasteiger partial charge in [0.05, 0.1) is 0 Å². The minimum Gasteiger partial charge on any atom is -0.115 e. The van der Waals surface area contributed by atoms with E-state index in [0.29, 0.717) is 22.3 Å². The predicted octanol–water partition coefficient (Wildman–Crippen LogP) is 2.23. The molecular formula is C16H10. The molecular weight excluding hydrogens is 192 g/mol. The molecule has 0 unspecified atom stereocenters. The monoisotopic (exact) mass is 202 g/mol. The lowest BCUT2D eigenvalue weighted by atomic mass is 9.88. The van der Waals surface area contributed by atoms with E-state index in [1.54, 1.807) is 0 Å². The SMILES string of the molecule is C#Cc1c(C)c(C#C)c(C#C)c(C)c1C#C. The van der Waals surface area contributed by atoms with Crippen LogP contribution >= 0.6 is 0 Å². The van der Waals surface area contributed by atoms with Crippen LogP contribution in [0.5, 0.6) is 0 Å². The lowest BCUT2D eigenvalue weighted by Crippen LogP contribution is -2.01. The van der Waals surface area contributed by atoms with Gasteiger partial charge in [0.15, 0.2) is 0 Å². The van der Waals surface area contributed by atoms with Crippen molar-refractivity contribution in [3.8, 4) is 49.4 Å². The van der Waals surface area contributed by atoms with Crippen LogP contribution in [0.1, 0.15) is 33.4 Å². The Labute approximate surface area is 97.1 Å². The summed E-state index contributed by atoms with van der Waals surface area (Å²) in [5.41, 5.74) is 4.24. The third-order valence-electron chi connectivity index (χ3n) is 2.58. The highest BCUT2D eigenvalue weighted by atomic mass is 14.1. The molecule has 0 aromatic heterocycles. The van der Waals surface area contributed by atoms with E-state index in [-0.39, 0.29) is 0 Å². The summed E-state index contributed by atoms with van der Waals surface area (Å²) in [6.45, 7) is 3.68. The van der Waals surface area contributed by atoms with Crippen molar-refractivity contribution in [2.75, 3.05) is 0 Å². The van der Waals surface area contributed by atoms with Gasteiger partial charge in [-0.05, 0) is 25.0 Å². The molecule has 0 radical (unpaired) electrons. The third kappa shape index (κ3) is 1.44. The van der Waals surface area contributed by atoms with Crippen LogP contribution in [0.2, 0.25) is 0 Å². The van der Waals surface area contributed by atoms with E-state index in [0.717, 1.165) is 11.1 Å². The van der Waals surface area contributed by atoms with Crippen LogP contribution in [0.4, 0.5) is 0 Å². The molecule has 0 spiro atoms. The van der Waals surface area contributed by atoms with E-state index in [4.69, 9.17) is 25.7 Å². The van der Waals surface area contributed by atoms with Crippen molar-refractivity contribution < 1.29 is 0 Å². The minimum atomic E-state index is 0.659. The second kappa shape index (κ2) is 4.32. The van der Waals surface area contributed by atoms with E-state index in [9.17, 15) is 0 Å². The van der Waals surface area contributed by atoms with Gasteiger partial charge in [-0.3, -0.25) is 0 Å². The van der Waals surface area contributed by atoms with Gasteiger partial charge in [-0.25, -0.2) is 0 Å². The van der Waals surface area contributed by atoms with Gasteiger partial charge in [0.2, 0.25) is 0 Å². The molecule has 0 bridgehead atoms. The van der Waals surface area contributed by atoms with Crippen LogP contribution in [-0.2, 0) is 0 Å². The zero-order chi connectivity index (χ0) is 12.3. The molecule has 0 fully saturated rings. The van der Waals surface area contributed by atoms with Gasteiger partial charge >= 0.3 is 0 Å². The molecule has 74 valence electrons. The fourth-order valence-electron chi connectivity index (χ4n) is 1.72. The molecule has 1 aromatic rings. The molecule has 16 heavy (non-hydrogen) atoms. The maximum absolute atomic E-state index is 5.45. The Bertz CT molecular complexity index is 504. The van der Waals surface area contributed by atoms with E-state index in [1.807, 2.05) is 13.8 Å². The summed E-state index contributed by atoms with van der Waals surface area (Å²) >= 11 is 0. The van der Waals surface area contributed by atoms with Crippen LogP contribution in [0.25, 0.3) is 0 Å². The molecule has 0 nitrogen and oxygen atoms in total. The van der Waals surface area contributed by atoms with Crippen molar-refractivity contribution in [1.29, 1.82) is 0 Å². The lowest BCUT2D eigenvalue weighted by Gasteiger charge is -2.12. The summed E-state index contributed by atoms with van der Waals surface area (Å²) in [6.07, 6.45) is 21.8. The second-order valence-corrected chi connectivity index (χ2v) is 3.33. The molecule has 0 aliphatic heterocycles. The highest BCUT2D eigenvalue weighted by molar-refractivity contribution is 5.68. The molecule has 1 aromatic carbocycles. The van der Waals surface area contributed by atoms with Gasteiger partial charge in [0.25, 0.3) is 0 Å². The first-order chi connectivity index (χ1) is 7.62. The van der Waals surface area contributed by atoms with Crippen molar-refractivity contribution in [3.63, 3.8) is 0 Å². The smallest absolute Gasteiger partial charge is 0.0444 e. The average Bonchev–Trinajstić information content (AvgIpc) is 2.30. The van der Waals surface area contributed by atoms with Crippen molar-refractivity contribution in [3.05, 3.63) is 33.4 Å². The van der Waals surface area contributed by atoms with E-state index in [2.05, 4.69) is 23.7 Å². The first kappa shape index (κ1) is 11.5. The number of rotatable bonds is 0. The Morgan fingerprint density at radius 1 is 0.562 bits per heavy atom.